The highest BCUT2D eigenvalue weighted by molar-refractivity contribution is 6.04. The lowest BCUT2D eigenvalue weighted by atomic mass is 10.1. The zero-order valence-electron chi connectivity index (χ0n) is 13.4. The van der Waals surface area contributed by atoms with E-state index in [4.69, 9.17) is 4.74 Å². The van der Waals surface area contributed by atoms with Gasteiger partial charge in [-0.2, -0.15) is 0 Å². The van der Waals surface area contributed by atoms with Gasteiger partial charge in [0.2, 0.25) is 0 Å². The molecule has 5 heteroatoms. The highest BCUT2D eigenvalue weighted by Crippen LogP contribution is 2.17. The molecule has 0 saturated carbocycles. The van der Waals surface area contributed by atoms with Gasteiger partial charge < -0.3 is 15.4 Å². The molecule has 0 unspecified atom stereocenters. The Labute approximate surface area is 135 Å². The van der Waals surface area contributed by atoms with Crippen molar-refractivity contribution in [3.63, 3.8) is 0 Å². The molecule has 5 nitrogen and oxygen atoms in total. The Morgan fingerprint density at radius 1 is 0.957 bits per heavy atom. The predicted octanol–water partition coefficient (Wildman–Crippen LogP) is 3.09. The summed E-state index contributed by atoms with van der Waals surface area (Å²) >= 11 is 0. The fraction of sp³-hybridized carbons (Fsp3) is 0.222. The van der Waals surface area contributed by atoms with Crippen LogP contribution in [0.4, 0.5) is 5.69 Å². The van der Waals surface area contributed by atoms with Crippen LogP contribution >= 0.6 is 0 Å². The van der Waals surface area contributed by atoms with Crippen LogP contribution in [0.3, 0.4) is 0 Å². The average Bonchev–Trinajstić information content (AvgIpc) is 2.54. The first-order valence-corrected chi connectivity index (χ1v) is 7.40. The van der Waals surface area contributed by atoms with Gasteiger partial charge in [-0.05, 0) is 56.3 Å². The third-order valence-electron chi connectivity index (χ3n) is 3.10. The smallest absolute Gasteiger partial charge is 0.255 e. The van der Waals surface area contributed by atoms with Crippen LogP contribution in [0, 0.1) is 0 Å². The molecule has 0 heterocycles. The number of anilines is 1. The number of benzene rings is 2. The van der Waals surface area contributed by atoms with E-state index in [2.05, 4.69) is 10.6 Å². The van der Waals surface area contributed by atoms with Crippen LogP contribution in [0.1, 0.15) is 34.6 Å². The molecule has 23 heavy (non-hydrogen) atoms. The van der Waals surface area contributed by atoms with E-state index in [1.807, 2.05) is 19.9 Å². The summed E-state index contributed by atoms with van der Waals surface area (Å²) in [5, 5.41) is 5.35. The molecule has 0 atom stereocenters. The molecule has 0 bridgehead atoms. The molecule has 0 saturated heterocycles. The second kappa shape index (κ2) is 7.45. The minimum absolute atomic E-state index is 0.0468. The Balaban J connectivity index is 2.08. The van der Waals surface area contributed by atoms with Crippen molar-refractivity contribution in [1.82, 2.24) is 5.32 Å². The van der Waals surface area contributed by atoms with E-state index < -0.39 is 0 Å². The maximum atomic E-state index is 12.3. The second-order valence-corrected chi connectivity index (χ2v) is 5.31. The molecule has 0 aliphatic rings. The van der Waals surface area contributed by atoms with Crippen molar-refractivity contribution in [1.29, 1.82) is 0 Å². The van der Waals surface area contributed by atoms with Crippen molar-refractivity contribution in [2.24, 2.45) is 0 Å². The normalized spacial score (nSPS) is 10.3. The predicted molar refractivity (Wildman–Crippen MR) is 90.0 cm³/mol. The van der Waals surface area contributed by atoms with Crippen molar-refractivity contribution < 1.29 is 14.3 Å². The fourth-order valence-electron chi connectivity index (χ4n) is 2.04. The lowest BCUT2D eigenvalue weighted by Crippen LogP contribution is -2.18. The number of hydrogen-bond acceptors (Lipinski definition) is 3. The van der Waals surface area contributed by atoms with Crippen molar-refractivity contribution in [3.05, 3.63) is 59.7 Å². The molecular weight excluding hydrogens is 292 g/mol. The zero-order valence-corrected chi connectivity index (χ0v) is 13.4. The average molecular weight is 312 g/mol. The Bertz CT molecular complexity index is 694. The third kappa shape index (κ3) is 4.57. The number of carbonyl (C=O) groups is 2. The lowest BCUT2D eigenvalue weighted by molar-refractivity contribution is 0.0962. The molecule has 2 rings (SSSR count). The molecule has 120 valence electrons. The summed E-state index contributed by atoms with van der Waals surface area (Å²) in [5.74, 6) is 0.260. The number of nitrogens with one attached hydrogen (secondary N) is 2. The van der Waals surface area contributed by atoms with Crippen LogP contribution in [-0.2, 0) is 0 Å². The molecule has 2 amide bonds. The Hall–Kier alpha value is -2.82. The highest BCUT2D eigenvalue weighted by atomic mass is 16.5. The van der Waals surface area contributed by atoms with E-state index in [0.29, 0.717) is 22.6 Å². The SMILES string of the molecule is CNC(=O)c1ccc(NC(=O)c2cccc(OC(C)C)c2)cc1. The molecule has 0 aliphatic heterocycles. The van der Waals surface area contributed by atoms with E-state index in [-0.39, 0.29) is 17.9 Å². The van der Waals surface area contributed by atoms with Gasteiger partial charge in [0.15, 0.2) is 0 Å². The summed E-state index contributed by atoms with van der Waals surface area (Å²) in [6.07, 6.45) is 0.0468. The monoisotopic (exact) mass is 312 g/mol. The minimum atomic E-state index is -0.230. The van der Waals surface area contributed by atoms with E-state index >= 15 is 0 Å². The summed E-state index contributed by atoms with van der Waals surface area (Å²) in [7, 11) is 1.57. The van der Waals surface area contributed by atoms with Crippen molar-refractivity contribution in [2.75, 3.05) is 12.4 Å². The first kappa shape index (κ1) is 16.5. The second-order valence-electron chi connectivity index (χ2n) is 5.31. The summed E-state index contributed by atoms with van der Waals surface area (Å²) in [6.45, 7) is 3.86. The van der Waals surface area contributed by atoms with Crippen LogP contribution in [0.5, 0.6) is 5.75 Å². The van der Waals surface area contributed by atoms with Gasteiger partial charge in [0.25, 0.3) is 11.8 Å². The van der Waals surface area contributed by atoms with E-state index in [1.54, 1.807) is 49.5 Å². The summed E-state index contributed by atoms with van der Waals surface area (Å²) in [6, 6.07) is 13.7. The molecule has 2 N–H and O–H groups in total. The molecule has 0 fully saturated rings. The third-order valence-corrected chi connectivity index (χ3v) is 3.10. The van der Waals surface area contributed by atoms with E-state index in [9.17, 15) is 9.59 Å². The number of hydrogen-bond donors (Lipinski definition) is 2. The Morgan fingerprint density at radius 2 is 1.65 bits per heavy atom. The topological polar surface area (TPSA) is 67.4 Å². The fourth-order valence-corrected chi connectivity index (χ4v) is 2.04. The van der Waals surface area contributed by atoms with Crippen LogP contribution in [0.15, 0.2) is 48.5 Å². The summed E-state index contributed by atoms with van der Waals surface area (Å²) in [5.41, 5.74) is 1.68. The molecule has 0 radical (unpaired) electrons. The molecule has 0 spiro atoms. The van der Waals surface area contributed by atoms with Gasteiger partial charge in [-0.3, -0.25) is 9.59 Å². The Morgan fingerprint density at radius 3 is 2.26 bits per heavy atom. The van der Waals surface area contributed by atoms with Crippen LogP contribution < -0.4 is 15.4 Å². The first-order chi connectivity index (χ1) is 11.0. The number of rotatable bonds is 5. The maximum absolute atomic E-state index is 12.3. The van der Waals surface area contributed by atoms with Gasteiger partial charge >= 0.3 is 0 Å². The molecule has 2 aromatic carbocycles. The molecule has 0 aromatic heterocycles. The van der Waals surface area contributed by atoms with Gasteiger partial charge in [-0.1, -0.05) is 6.07 Å². The van der Waals surface area contributed by atoms with Crippen LogP contribution in [-0.4, -0.2) is 25.0 Å². The molecular formula is C18H20N2O3. The van der Waals surface area contributed by atoms with Crippen LogP contribution in [0.2, 0.25) is 0 Å². The van der Waals surface area contributed by atoms with Gasteiger partial charge in [0, 0.05) is 23.9 Å². The molecule has 0 aliphatic carbocycles. The largest absolute Gasteiger partial charge is 0.491 e. The quantitative estimate of drug-likeness (QED) is 0.891. The summed E-state index contributed by atoms with van der Waals surface area (Å²) in [4.78, 5) is 23.8. The van der Waals surface area contributed by atoms with Gasteiger partial charge in [-0.25, -0.2) is 0 Å². The van der Waals surface area contributed by atoms with Crippen molar-refractivity contribution in [3.8, 4) is 5.75 Å². The Kier molecular flexibility index (Phi) is 5.36. The number of ether oxygens (including phenoxy) is 1. The molecule has 2 aromatic rings. The highest BCUT2D eigenvalue weighted by Gasteiger charge is 2.09. The number of amides is 2. The van der Waals surface area contributed by atoms with Gasteiger partial charge in [0.1, 0.15) is 5.75 Å². The minimum Gasteiger partial charge on any atom is -0.491 e. The standard InChI is InChI=1S/C18H20N2O3/c1-12(2)23-16-6-4-5-14(11-16)18(22)20-15-9-7-13(8-10-15)17(21)19-3/h4-12H,1-3H3,(H,19,21)(H,20,22). The van der Waals surface area contributed by atoms with Crippen molar-refractivity contribution in [2.45, 2.75) is 20.0 Å². The van der Waals surface area contributed by atoms with Crippen LogP contribution in [0.25, 0.3) is 0 Å². The van der Waals surface area contributed by atoms with Crippen molar-refractivity contribution >= 4 is 17.5 Å². The van der Waals surface area contributed by atoms with Gasteiger partial charge in [-0.15, -0.1) is 0 Å². The number of carbonyl (C=O) groups excluding carboxylic acids is 2. The van der Waals surface area contributed by atoms with E-state index in [1.165, 1.54) is 0 Å². The lowest BCUT2D eigenvalue weighted by Gasteiger charge is -2.11. The van der Waals surface area contributed by atoms with E-state index in [0.717, 1.165) is 0 Å². The maximum Gasteiger partial charge on any atom is 0.255 e. The zero-order chi connectivity index (χ0) is 16.8. The first-order valence-electron chi connectivity index (χ1n) is 7.40. The van der Waals surface area contributed by atoms with Gasteiger partial charge in [0.05, 0.1) is 6.10 Å². The summed E-state index contributed by atoms with van der Waals surface area (Å²) < 4.78 is 5.59.